The largest absolute Gasteiger partial charge is 0.452 e. The number of likely N-dealkylation sites (tertiary alicyclic amines) is 1. The molecule has 1 atom stereocenters. The number of nitrogens with one attached hydrogen (secondary N) is 1. The van der Waals surface area contributed by atoms with Crippen LogP contribution in [-0.4, -0.2) is 35.1 Å². The molecule has 0 radical (unpaired) electrons. The van der Waals surface area contributed by atoms with Crippen molar-refractivity contribution >= 4 is 17.2 Å². The van der Waals surface area contributed by atoms with Gasteiger partial charge in [0.25, 0.3) is 5.91 Å². The molecule has 1 aliphatic rings. The van der Waals surface area contributed by atoms with E-state index in [1.54, 1.807) is 17.0 Å². The SMILES string of the molecule is C=C(C)N[C@@H]1CCCN(C(=O)c2ccc(-c3noc(C(F)(F)F)c3C)s2)C1. The average Bonchev–Trinajstić information content (AvgIpc) is 3.19. The van der Waals surface area contributed by atoms with E-state index in [4.69, 9.17) is 0 Å². The molecule has 0 spiro atoms. The minimum atomic E-state index is -4.59. The third kappa shape index (κ3) is 4.18. The highest BCUT2D eigenvalue weighted by Crippen LogP contribution is 2.38. The number of halogens is 3. The van der Waals surface area contributed by atoms with E-state index in [0.717, 1.165) is 29.9 Å². The highest BCUT2D eigenvalue weighted by atomic mass is 32.1. The molecule has 146 valence electrons. The van der Waals surface area contributed by atoms with Gasteiger partial charge in [-0.3, -0.25) is 4.79 Å². The molecule has 1 amide bonds. The van der Waals surface area contributed by atoms with Gasteiger partial charge in [-0.2, -0.15) is 13.2 Å². The molecule has 27 heavy (non-hydrogen) atoms. The maximum absolute atomic E-state index is 12.9. The molecule has 0 aromatic carbocycles. The van der Waals surface area contributed by atoms with Crippen molar-refractivity contribution in [3.8, 4) is 10.6 Å². The summed E-state index contributed by atoms with van der Waals surface area (Å²) >= 11 is 1.12. The number of carbonyl (C=O) groups is 1. The second-order valence-corrected chi connectivity index (χ2v) is 7.75. The van der Waals surface area contributed by atoms with Crippen molar-refractivity contribution in [2.24, 2.45) is 0 Å². The molecule has 0 bridgehead atoms. The number of hydrogen-bond acceptors (Lipinski definition) is 5. The molecular weight excluding hydrogens is 379 g/mol. The lowest BCUT2D eigenvalue weighted by Gasteiger charge is -2.33. The molecule has 2 aromatic rings. The highest BCUT2D eigenvalue weighted by Gasteiger charge is 2.39. The van der Waals surface area contributed by atoms with Gasteiger partial charge in [-0.15, -0.1) is 11.3 Å². The summed E-state index contributed by atoms with van der Waals surface area (Å²) in [5.74, 6) is -1.24. The topological polar surface area (TPSA) is 58.4 Å². The van der Waals surface area contributed by atoms with Crippen molar-refractivity contribution in [3.63, 3.8) is 0 Å². The van der Waals surface area contributed by atoms with Crippen LogP contribution < -0.4 is 5.32 Å². The van der Waals surface area contributed by atoms with E-state index in [0.29, 0.717) is 22.8 Å². The lowest BCUT2D eigenvalue weighted by atomic mass is 10.1. The van der Waals surface area contributed by atoms with Crippen molar-refractivity contribution in [2.75, 3.05) is 13.1 Å². The molecule has 1 aliphatic heterocycles. The Bertz CT molecular complexity index is 856. The summed E-state index contributed by atoms with van der Waals surface area (Å²) in [6.45, 7) is 8.25. The van der Waals surface area contributed by atoms with Crippen LogP contribution in [0.3, 0.4) is 0 Å². The number of rotatable bonds is 4. The molecule has 2 aromatic heterocycles. The number of allylic oxidation sites excluding steroid dienone is 1. The van der Waals surface area contributed by atoms with Gasteiger partial charge in [0, 0.05) is 30.4 Å². The summed E-state index contributed by atoms with van der Waals surface area (Å²) in [6.07, 6.45) is -2.75. The van der Waals surface area contributed by atoms with Gasteiger partial charge < -0.3 is 14.7 Å². The van der Waals surface area contributed by atoms with Gasteiger partial charge in [-0.25, -0.2) is 0 Å². The molecule has 0 unspecified atom stereocenters. The van der Waals surface area contributed by atoms with Gasteiger partial charge >= 0.3 is 6.18 Å². The lowest BCUT2D eigenvalue weighted by Crippen LogP contribution is -2.47. The number of nitrogens with zero attached hydrogens (tertiary/aromatic N) is 2. The van der Waals surface area contributed by atoms with E-state index in [9.17, 15) is 18.0 Å². The fraction of sp³-hybridized carbons (Fsp3) is 0.444. The van der Waals surface area contributed by atoms with Crippen molar-refractivity contribution in [3.05, 3.63) is 40.6 Å². The van der Waals surface area contributed by atoms with Crippen molar-refractivity contribution in [1.82, 2.24) is 15.4 Å². The normalized spacial score (nSPS) is 17.8. The van der Waals surface area contributed by atoms with Crippen molar-refractivity contribution in [1.29, 1.82) is 0 Å². The first kappa shape index (κ1) is 19.5. The summed E-state index contributed by atoms with van der Waals surface area (Å²) < 4.78 is 43.1. The Labute approximate surface area is 158 Å². The molecule has 3 heterocycles. The molecule has 1 N–H and O–H groups in total. The van der Waals surface area contributed by atoms with Gasteiger partial charge in [-0.05, 0) is 38.8 Å². The first-order valence-electron chi connectivity index (χ1n) is 8.52. The standard InChI is InChI=1S/C18H20F3N3O2S/c1-10(2)22-12-5-4-8-24(9-12)17(25)14-7-6-13(27-14)15-11(3)16(26-23-15)18(19,20)21/h6-7,12,22H,1,4-5,8-9H2,2-3H3/t12-/m1/s1. The minimum Gasteiger partial charge on any atom is -0.385 e. The monoisotopic (exact) mass is 399 g/mol. The molecule has 1 fully saturated rings. The molecule has 5 nitrogen and oxygen atoms in total. The second-order valence-electron chi connectivity index (χ2n) is 6.66. The van der Waals surface area contributed by atoms with E-state index in [1.807, 2.05) is 6.92 Å². The smallest absolute Gasteiger partial charge is 0.385 e. The number of piperidine rings is 1. The Kier molecular flexibility index (Phi) is 5.32. The molecule has 0 saturated carbocycles. The Morgan fingerprint density at radius 3 is 2.81 bits per heavy atom. The van der Waals surface area contributed by atoms with E-state index in [2.05, 4.69) is 21.6 Å². The Balaban J connectivity index is 1.77. The predicted molar refractivity (Wildman–Crippen MR) is 96.4 cm³/mol. The molecular formula is C18H20F3N3O2S. The summed E-state index contributed by atoms with van der Waals surface area (Å²) in [4.78, 5) is 15.5. The summed E-state index contributed by atoms with van der Waals surface area (Å²) in [5, 5.41) is 6.81. The van der Waals surface area contributed by atoms with Crippen LogP contribution >= 0.6 is 11.3 Å². The maximum atomic E-state index is 12.9. The number of carbonyl (C=O) groups excluding carboxylic acids is 1. The van der Waals surface area contributed by atoms with Crippen LogP contribution in [0.25, 0.3) is 10.6 Å². The third-order valence-corrected chi connectivity index (χ3v) is 5.47. The zero-order chi connectivity index (χ0) is 19.8. The number of hydrogen-bond donors (Lipinski definition) is 1. The fourth-order valence-corrected chi connectivity index (χ4v) is 4.21. The molecule has 1 saturated heterocycles. The van der Waals surface area contributed by atoms with Crippen LogP contribution in [0.2, 0.25) is 0 Å². The number of thiophene rings is 1. The molecule has 3 rings (SSSR count). The number of amides is 1. The lowest BCUT2D eigenvalue weighted by molar-refractivity contribution is -0.156. The van der Waals surface area contributed by atoms with Crippen molar-refractivity contribution in [2.45, 2.75) is 38.9 Å². The van der Waals surface area contributed by atoms with E-state index < -0.39 is 11.9 Å². The summed E-state index contributed by atoms with van der Waals surface area (Å²) in [6, 6.07) is 3.39. The zero-order valence-electron chi connectivity index (χ0n) is 15.0. The quantitative estimate of drug-likeness (QED) is 0.825. The summed E-state index contributed by atoms with van der Waals surface area (Å²) in [7, 11) is 0. The van der Waals surface area contributed by atoms with Crippen LogP contribution in [0, 0.1) is 6.92 Å². The second kappa shape index (κ2) is 7.38. The summed E-state index contributed by atoms with van der Waals surface area (Å²) in [5.41, 5.74) is 0.897. The zero-order valence-corrected chi connectivity index (χ0v) is 15.8. The van der Waals surface area contributed by atoms with Crippen LogP contribution in [-0.2, 0) is 6.18 Å². The average molecular weight is 399 g/mol. The van der Waals surface area contributed by atoms with Gasteiger partial charge in [-0.1, -0.05) is 11.7 Å². The Hall–Kier alpha value is -2.29. The highest BCUT2D eigenvalue weighted by molar-refractivity contribution is 7.17. The van der Waals surface area contributed by atoms with E-state index in [-0.39, 0.29) is 23.2 Å². The van der Waals surface area contributed by atoms with E-state index in [1.165, 1.54) is 6.92 Å². The Morgan fingerprint density at radius 1 is 1.44 bits per heavy atom. The van der Waals surface area contributed by atoms with Crippen LogP contribution in [0.5, 0.6) is 0 Å². The fourth-order valence-electron chi connectivity index (χ4n) is 3.19. The Morgan fingerprint density at radius 2 is 2.19 bits per heavy atom. The van der Waals surface area contributed by atoms with Gasteiger partial charge in [0.2, 0.25) is 5.76 Å². The minimum absolute atomic E-state index is 0.0768. The number of aromatic nitrogens is 1. The first-order chi connectivity index (χ1) is 12.7. The van der Waals surface area contributed by atoms with Crippen LogP contribution in [0.15, 0.2) is 28.9 Å². The van der Waals surface area contributed by atoms with Crippen LogP contribution in [0.4, 0.5) is 13.2 Å². The predicted octanol–water partition coefficient (Wildman–Crippen LogP) is 4.46. The van der Waals surface area contributed by atoms with Crippen molar-refractivity contribution < 1.29 is 22.5 Å². The maximum Gasteiger partial charge on any atom is 0.452 e. The first-order valence-corrected chi connectivity index (χ1v) is 9.33. The number of alkyl halides is 3. The molecule has 0 aliphatic carbocycles. The third-order valence-electron chi connectivity index (χ3n) is 4.39. The van der Waals surface area contributed by atoms with Gasteiger partial charge in [0.05, 0.1) is 9.75 Å². The van der Waals surface area contributed by atoms with E-state index >= 15 is 0 Å². The van der Waals surface area contributed by atoms with Gasteiger partial charge in [0.15, 0.2) is 0 Å². The molecule has 9 heteroatoms. The van der Waals surface area contributed by atoms with Gasteiger partial charge in [0.1, 0.15) is 5.69 Å². The van der Waals surface area contributed by atoms with Crippen LogP contribution in [0.1, 0.15) is 40.8 Å².